The highest BCUT2D eigenvalue weighted by Gasteiger charge is 2.41. The molecule has 2 aliphatic rings. The molecule has 1 saturated carbocycles. The first-order chi connectivity index (χ1) is 13.9. The van der Waals surface area contributed by atoms with E-state index in [0.717, 1.165) is 31.5 Å². The quantitative estimate of drug-likeness (QED) is 0.457. The van der Waals surface area contributed by atoms with Gasteiger partial charge >= 0.3 is 0 Å². The minimum Gasteiger partial charge on any atom is -0.412 e. The maximum atomic E-state index is 12.6. The monoisotopic (exact) mass is 512 g/mol. The molecule has 1 amide bonds. The van der Waals surface area contributed by atoms with E-state index in [4.69, 9.17) is 11.6 Å². The predicted molar refractivity (Wildman–Crippen MR) is 144 cm³/mol. The predicted octanol–water partition coefficient (Wildman–Crippen LogP) is 3.23. The minimum atomic E-state index is -0.195. The Morgan fingerprint density at radius 2 is 1.68 bits per heavy atom. The largest absolute Gasteiger partial charge is 0.412 e. The molecule has 8 N–H and O–H groups in total. The Kier molecular flexibility index (Phi) is 18.3. The summed E-state index contributed by atoms with van der Waals surface area (Å²) in [4.78, 5) is 15.1. The third kappa shape index (κ3) is 11.5. The summed E-state index contributed by atoms with van der Waals surface area (Å²) in [5.41, 5.74) is 0.109. The number of rotatable bonds is 9. The molecule has 1 aliphatic carbocycles. The first-order valence-corrected chi connectivity index (χ1v) is 12.6. The summed E-state index contributed by atoms with van der Waals surface area (Å²) in [6, 6.07) is 0.175. The van der Waals surface area contributed by atoms with Gasteiger partial charge < -0.3 is 31.8 Å². The zero-order chi connectivity index (χ0) is 22.5. The van der Waals surface area contributed by atoms with E-state index >= 15 is 0 Å². The van der Waals surface area contributed by atoms with Crippen LogP contribution < -0.4 is 5.32 Å². The number of aliphatic hydroxyl groups is 1. The molecule has 0 bridgehead atoms. The van der Waals surface area contributed by atoms with Crippen LogP contribution in [0.5, 0.6) is 0 Å². The molecule has 1 heterocycles. The second-order valence-corrected chi connectivity index (χ2v) is 12.5. The maximum Gasteiger partial charge on any atom is 0.220 e. The lowest BCUT2D eigenvalue weighted by Gasteiger charge is -2.49. The highest BCUT2D eigenvalue weighted by Crippen LogP contribution is 2.45. The number of piperidine rings is 1. The van der Waals surface area contributed by atoms with Crippen molar-refractivity contribution in [3.05, 3.63) is 0 Å². The van der Waals surface area contributed by atoms with Gasteiger partial charge in [0.25, 0.3) is 0 Å². The van der Waals surface area contributed by atoms with Crippen molar-refractivity contribution >= 4 is 17.5 Å². The lowest BCUT2D eigenvalue weighted by Crippen LogP contribution is -2.53. The highest BCUT2D eigenvalue weighted by molar-refractivity contribution is 6.20. The summed E-state index contributed by atoms with van der Waals surface area (Å²) in [5.74, 6) is 2.13. The van der Waals surface area contributed by atoms with E-state index < -0.39 is 0 Å². The van der Waals surface area contributed by atoms with Crippen LogP contribution in [0, 0.1) is 28.6 Å². The number of hydrogen-bond acceptors (Lipinski definition) is 3. The van der Waals surface area contributed by atoms with Crippen LogP contribution in [-0.2, 0) is 4.79 Å². The van der Waals surface area contributed by atoms with Crippen molar-refractivity contribution in [1.82, 2.24) is 10.2 Å². The summed E-state index contributed by atoms with van der Waals surface area (Å²) in [7, 11) is 0. The third-order valence-electron chi connectivity index (χ3n) is 7.72. The summed E-state index contributed by atoms with van der Waals surface area (Å²) in [5, 5.41) is 13.1. The second kappa shape index (κ2) is 16.3. The van der Waals surface area contributed by atoms with Gasteiger partial charge in [-0.2, -0.15) is 0 Å². The van der Waals surface area contributed by atoms with Crippen molar-refractivity contribution in [3.63, 3.8) is 0 Å². The van der Waals surface area contributed by atoms with Crippen molar-refractivity contribution in [3.8, 4) is 0 Å². The van der Waals surface area contributed by atoms with Crippen molar-refractivity contribution in [2.75, 3.05) is 26.2 Å². The van der Waals surface area contributed by atoms with E-state index in [-0.39, 0.29) is 47.8 Å². The summed E-state index contributed by atoms with van der Waals surface area (Å²) >= 11 is 6.34. The van der Waals surface area contributed by atoms with Gasteiger partial charge in [0.2, 0.25) is 5.91 Å². The van der Waals surface area contributed by atoms with Gasteiger partial charge in [-0.15, -0.1) is 11.6 Å². The number of likely N-dealkylation sites (tertiary alicyclic amines) is 1. The molecule has 34 heavy (non-hydrogen) atoms. The van der Waals surface area contributed by atoms with Crippen LogP contribution in [0.3, 0.4) is 0 Å². The number of nitrogens with zero attached hydrogens (tertiary/aromatic N) is 1. The molecule has 2 rings (SSSR count). The molecule has 0 aromatic rings. The van der Waals surface area contributed by atoms with Crippen molar-refractivity contribution in [1.29, 1.82) is 0 Å². The normalized spacial score (nSPS) is 25.6. The zero-order valence-corrected chi connectivity index (χ0v) is 22.6. The third-order valence-corrected chi connectivity index (χ3v) is 8.16. The molecule has 0 spiro atoms. The molecule has 0 radical (unpaired) electrons. The van der Waals surface area contributed by atoms with E-state index in [9.17, 15) is 9.90 Å². The Labute approximate surface area is 214 Å². The topological polar surface area (TPSA) is 147 Å². The first-order valence-electron chi connectivity index (χ1n) is 12.2. The van der Waals surface area contributed by atoms with Crippen molar-refractivity contribution in [2.45, 2.75) is 105 Å². The van der Waals surface area contributed by atoms with Gasteiger partial charge in [0.05, 0.1) is 0 Å². The standard InChI is InChI=1S/C25H47ClN2O2.CH4.3H2O/c1-18(2)22(27-23(30)11-13-24(3,4)17-29)15-28-14-12-21(25(5,6)16-28)19-7-9-20(26)10-8-19;;;;/h18-22,29H,7-17H2,1-6H3,(H,27,30);1H4;3*1H2/t19?,20?,21?,22-;;;;/m0..../s1. The first kappa shape index (κ1) is 38.1. The molecule has 2 fully saturated rings. The van der Waals surface area contributed by atoms with Gasteiger partial charge in [-0.1, -0.05) is 49.0 Å². The van der Waals surface area contributed by atoms with E-state index in [0.29, 0.717) is 29.6 Å². The van der Waals surface area contributed by atoms with E-state index in [1.807, 2.05) is 13.8 Å². The Morgan fingerprint density at radius 1 is 1.12 bits per heavy atom. The summed E-state index contributed by atoms with van der Waals surface area (Å²) in [6.45, 7) is 16.6. The van der Waals surface area contributed by atoms with Crippen LogP contribution in [0.4, 0.5) is 0 Å². The molecule has 1 unspecified atom stereocenters. The Balaban J connectivity index is -0.00000240. The number of aliphatic hydroxyl groups excluding tert-OH is 1. The van der Waals surface area contributed by atoms with Crippen LogP contribution in [0.25, 0.3) is 0 Å². The average molecular weight is 513 g/mol. The van der Waals surface area contributed by atoms with E-state index in [1.165, 1.54) is 32.1 Å². The van der Waals surface area contributed by atoms with Gasteiger partial charge in [-0.3, -0.25) is 4.79 Å². The smallest absolute Gasteiger partial charge is 0.220 e. The number of carbonyl (C=O) groups is 1. The molecule has 0 aromatic heterocycles. The molecule has 8 heteroatoms. The molecule has 7 nitrogen and oxygen atoms in total. The number of halogens is 1. The van der Waals surface area contributed by atoms with Crippen LogP contribution in [0.15, 0.2) is 0 Å². The molecule has 1 saturated heterocycles. The highest BCUT2D eigenvalue weighted by atomic mass is 35.5. The number of carbonyl (C=O) groups excluding carboxylic acids is 1. The van der Waals surface area contributed by atoms with Gasteiger partial charge in [0, 0.05) is 37.5 Å². The molecular formula is C26H57ClN2O5. The fourth-order valence-electron chi connectivity index (χ4n) is 5.51. The fraction of sp³-hybridized carbons (Fsp3) is 0.962. The summed E-state index contributed by atoms with van der Waals surface area (Å²) in [6.07, 6.45) is 7.38. The van der Waals surface area contributed by atoms with Crippen LogP contribution in [-0.4, -0.2) is 70.0 Å². The Hall–Kier alpha value is -0.440. The molecule has 0 aromatic carbocycles. The molecule has 208 valence electrons. The summed E-state index contributed by atoms with van der Waals surface area (Å²) < 4.78 is 0. The molecule has 1 aliphatic heterocycles. The van der Waals surface area contributed by atoms with Crippen molar-refractivity contribution in [2.24, 2.45) is 28.6 Å². The number of hydrogen-bond donors (Lipinski definition) is 2. The average Bonchev–Trinajstić information content (AvgIpc) is 2.66. The number of alkyl halides is 1. The second-order valence-electron chi connectivity index (χ2n) is 11.9. The van der Waals surface area contributed by atoms with Gasteiger partial charge in [0.1, 0.15) is 0 Å². The zero-order valence-electron chi connectivity index (χ0n) is 21.8. The number of amides is 1. The Morgan fingerprint density at radius 3 is 2.15 bits per heavy atom. The SMILES string of the molecule is C.CC(C)[C@H](CN1CCC(C2CCC(Cl)CC2)C(C)(C)C1)NC(=O)CCC(C)(C)CO.O.O.O. The molecule has 2 atom stereocenters. The number of nitrogens with one attached hydrogen (secondary N) is 1. The lowest BCUT2D eigenvalue weighted by atomic mass is 9.64. The van der Waals surface area contributed by atoms with Crippen LogP contribution >= 0.6 is 11.6 Å². The van der Waals surface area contributed by atoms with Gasteiger partial charge in [-0.25, -0.2) is 0 Å². The van der Waals surface area contributed by atoms with Gasteiger partial charge in [0.15, 0.2) is 0 Å². The lowest BCUT2D eigenvalue weighted by molar-refractivity contribution is -0.123. The van der Waals surface area contributed by atoms with E-state index in [2.05, 4.69) is 37.9 Å². The van der Waals surface area contributed by atoms with Crippen LogP contribution in [0.2, 0.25) is 0 Å². The maximum absolute atomic E-state index is 12.6. The van der Waals surface area contributed by atoms with Gasteiger partial charge in [-0.05, 0) is 73.7 Å². The van der Waals surface area contributed by atoms with E-state index in [1.54, 1.807) is 0 Å². The fourth-order valence-corrected chi connectivity index (χ4v) is 5.76. The Bertz CT molecular complexity index is 551. The molecular weight excluding hydrogens is 456 g/mol. The van der Waals surface area contributed by atoms with Crippen LogP contribution in [0.1, 0.15) is 93.9 Å². The van der Waals surface area contributed by atoms with Crippen molar-refractivity contribution < 1.29 is 26.3 Å². The minimum absolute atomic E-state index is 0.